The van der Waals surface area contributed by atoms with Crippen molar-refractivity contribution in [2.75, 3.05) is 13.6 Å². The molecular formula is C51H50N2O10. The predicted molar refractivity (Wildman–Crippen MR) is 232 cm³/mol. The summed E-state index contributed by atoms with van der Waals surface area (Å²) in [7, 11) is 1.87. The van der Waals surface area contributed by atoms with Crippen LogP contribution in [0.4, 0.5) is 0 Å². The number of ether oxygens (including phenoxy) is 3. The predicted octanol–water partition coefficient (Wildman–Crippen LogP) is 5.01. The average Bonchev–Trinajstić information content (AvgIpc) is 4.00. The number of hydrogen-bond donors (Lipinski definition) is 8. The normalized spacial score (nSPS) is 41.2. The second-order valence-electron chi connectivity index (χ2n) is 19.7. The lowest BCUT2D eigenvalue weighted by atomic mass is 9.37. The third-order valence-corrected chi connectivity index (χ3v) is 17.6. The number of benzene rings is 4. The molecule has 2 spiro atoms. The fourth-order valence-corrected chi connectivity index (χ4v) is 15.6. The topological polar surface area (TPSA) is 194 Å². The Hall–Kier alpha value is -4.89. The van der Waals surface area contributed by atoms with E-state index in [2.05, 4.69) is 28.5 Å². The van der Waals surface area contributed by atoms with Crippen molar-refractivity contribution in [3.8, 4) is 11.5 Å². The molecule has 8 N–H and O–H groups in total. The van der Waals surface area contributed by atoms with Gasteiger partial charge in [0.2, 0.25) is 5.79 Å². The van der Waals surface area contributed by atoms with E-state index < -0.39 is 76.6 Å². The molecule has 6 aliphatic carbocycles. The number of carbonyl (C=O) groups is 1. The van der Waals surface area contributed by atoms with Crippen LogP contribution in [0.3, 0.4) is 0 Å². The van der Waals surface area contributed by atoms with Crippen LogP contribution in [-0.4, -0.2) is 96.6 Å². The number of phenolic OH excluding ortho intramolecular Hbond substituents is 1. The molecule has 324 valence electrons. The van der Waals surface area contributed by atoms with Crippen molar-refractivity contribution in [3.05, 3.63) is 113 Å². The monoisotopic (exact) mass is 850 g/mol. The lowest BCUT2D eigenvalue weighted by molar-refractivity contribution is -0.370. The van der Waals surface area contributed by atoms with Gasteiger partial charge in [-0.2, -0.15) is 0 Å². The summed E-state index contributed by atoms with van der Waals surface area (Å²) in [5.41, 5.74) is -1.90. The highest BCUT2D eigenvalue weighted by Gasteiger charge is 2.87. The SMILES string of the molecule is CNC[C@@H]1C[C@@H]2[C@@H]3C4=C[C@H](O)[C@]5(O)O[C@@H](C(=O)Oc6c(CO)[nH]c7ccc8cc9ccccc9cc8c67)[C@H](O[C@@]2(C=C4)[C@@]2(CC[C@H]4CC[C@@H]6C=Cc7cc(O)ccc7[C@]462)[C@@H]1O)[C@]35O. The number of allylic oxidation sites excluding steroid dienone is 2. The number of aromatic hydroxyl groups is 1. The first-order chi connectivity index (χ1) is 30.4. The van der Waals surface area contributed by atoms with Crippen molar-refractivity contribution in [1.82, 2.24) is 10.3 Å². The summed E-state index contributed by atoms with van der Waals surface area (Å²) in [5, 5.41) is 80.3. The molecule has 8 aliphatic rings. The number of aliphatic hydroxyl groups excluding tert-OH is 3. The first-order valence-electron chi connectivity index (χ1n) is 22.5. The molecule has 3 heterocycles. The lowest BCUT2D eigenvalue weighted by Gasteiger charge is -2.73. The van der Waals surface area contributed by atoms with Crippen LogP contribution in [0.1, 0.15) is 48.9 Å². The number of aromatic amines is 1. The summed E-state index contributed by atoms with van der Waals surface area (Å²) >= 11 is 0. The number of aliphatic hydroxyl groups is 5. The molecular weight excluding hydrogens is 801 g/mol. The molecule has 2 bridgehead atoms. The summed E-state index contributed by atoms with van der Waals surface area (Å²) in [4.78, 5) is 18.4. The van der Waals surface area contributed by atoms with Crippen LogP contribution in [0.25, 0.3) is 38.5 Å². The second kappa shape index (κ2) is 12.7. The summed E-state index contributed by atoms with van der Waals surface area (Å²) in [6.07, 6.45) is 7.42. The van der Waals surface area contributed by atoms with Gasteiger partial charge in [-0.15, -0.1) is 0 Å². The van der Waals surface area contributed by atoms with Gasteiger partial charge in [0.05, 0.1) is 34.9 Å². The molecule has 0 unspecified atom stereocenters. The molecule has 3 saturated carbocycles. The van der Waals surface area contributed by atoms with Gasteiger partial charge in [0, 0.05) is 29.2 Å². The Bertz CT molecular complexity index is 2920. The molecule has 12 heteroatoms. The molecule has 0 amide bonds. The van der Waals surface area contributed by atoms with Gasteiger partial charge in [-0.3, -0.25) is 0 Å². The standard InChI is InChI=1S/C51H50N2O10/c1-52-23-30-21-36-41-29-14-17-48(36,47(44(30)57)16-15-32-10-9-31-8-6-28-19-33(55)11-12-35(28)49(31,32)47)63-45-43(62-51(60,39(56)22-29)50(41,45)59)46(58)61-42-38(24-54)53-37-13-7-27-18-25-4-2-3-5-26(25)20-34(27)40(37)42/h2-8,11-14,17-20,22,30-32,36,39,41,43-45,52-57,59-60H,9-10,15-16,21,23-24H2,1H3/t30-,31-,32+,36+,39-,41-,43+,44+,45-,47+,48+,49+,50+,51-/m0/s1. The molecule has 5 aromatic rings. The first kappa shape index (κ1) is 38.6. The third-order valence-electron chi connectivity index (χ3n) is 17.6. The molecule has 13 rings (SSSR count). The van der Waals surface area contributed by atoms with Gasteiger partial charge in [0.15, 0.2) is 17.5 Å². The quantitative estimate of drug-likeness (QED) is 0.0876. The van der Waals surface area contributed by atoms with Gasteiger partial charge in [-0.1, -0.05) is 60.7 Å². The Kier molecular flexibility index (Phi) is 7.76. The molecule has 2 aliphatic heterocycles. The minimum absolute atomic E-state index is 0.0196. The highest BCUT2D eigenvalue weighted by atomic mass is 16.7. The number of esters is 1. The van der Waals surface area contributed by atoms with Crippen molar-refractivity contribution >= 4 is 44.5 Å². The van der Waals surface area contributed by atoms with Gasteiger partial charge in [-0.05, 0) is 132 Å². The Labute approximate surface area is 362 Å². The lowest BCUT2D eigenvalue weighted by Crippen LogP contribution is -2.82. The minimum Gasteiger partial charge on any atom is -0.508 e. The molecule has 0 radical (unpaired) electrons. The Morgan fingerprint density at radius 2 is 1.79 bits per heavy atom. The van der Waals surface area contributed by atoms with E-state index in [1.54, 1.807) is 12.1 Å². The van der Waals surface area contributed by atoms with Crippen molar-refractivity contribution < 1.29 is 49.6 Å². The zero-order valence-corrected chi connectivity index (χ0v) is 34.7. The van der Waals surface area contributed by atoms with Gasteiger partial charge >= 0.3 is 5.97 Å². The van der Waals surface area contributed by atoms with Crippen molar-refractivity contribution in [2.45, 2.75) is 85.5 Å². The van der Waals surface area contributed by atoms with Gasteiger partial charge in [0.25, 0.3) is 0 Å². The zero-order valence-electron chi connectivity index (χ0n) is 34.7. The molecule has 2 saturated heterocycles. The molecule has 12 nitrogen and oxygen atoms in total. The van der Waals surface area contributed by atoms with E-state index in [0.717, 1.165) is 51.9 Å². The Morgan fingerprint density at radius 1 is 0.968 bits per heavy atom. The van der Waals surface area contributed by atoms with Crippen LogP contribution >= 0.6 is 0 Å². The summed E-state index contributed by atoms with van der Waals surface area (Å²) in [6, 6.07) is 21.4. The van der Waals surface area contributed by atoms with Crippen LogP contribution in [0.2, 0.25) is 0 Å². The number of carbonyl (C=O) groups excluding carboxylic acids is 1. The minimum atomic E-state index is -2.68. The molecule has 63 heavy (non-hydrogen) atoms. The largest absolute Gasteiger partial charge is 0.508 e. The maximum absolute atomic E-state index is 15.1. The van der Waals surface area contributed by atoms with Crippen molar-refractivity contribution in [1.29, 1.82) is 0 Å². The van der Waals surface area contributed by atoms with E-state index in [4.69, 9.17) is 14.2 Å². The van der Waals surface area contributed by atoms with Crippen LogP contribution in [0.15, 0.2) is 96.6 Å². The molecule has 1 aromatic heterocycles. The van der Waals surface area contributed by atoms with Crippen molar-refractivity contribution in [3.63, 3.8) is 0 Å². The highest BCUT2D eigenvalue weighted by Crippen LogP contribution is 2.80. The van der Waals surface area contributed by atoms with E-state index in [9.17, 15) is 30.6 Å². The Morgan fingerprint density at radius 3 is 2.60 bits per heavy atom. The van der Waals surface area contributed by atoms with Gasteiger partial charge in [0.1, 0.15) is 18.0 Å². The number of nitrogens with one attached hydrogen (secondary N) is 2. The molecule has 4 aromatic carbocycles. The maximum atomic E-state index is 15.1. The first-order valence-corrected chi connectivity index (χ1v) is 22.5. The maximum Gasteiger partial charge on any atom is 0.343 e. The van der Waals surface area contributed by atoms with E-state index in [0.29, 0.717) is 35.9 Å². The Balaban J connectivity index is 1.00. The van der Waals surface area contributed by atoms with Crippen LogP contribution in [0, 0.1) is 35.0 Å². The smallest absolute Gasteiger partial charge is 0.343 e. The van der Waals surface area contributed by atoms with Crippen molar-refractivity contribution in [2.24, 2.45) is 35.0 Å². The number of aromatic nitrogens is 1. The highest BCUT2D eigenvalue weighted by molar-refractivity contribution is 6.14. The third kappa shape index (κ3) is 4.33. The van der Waals surface area contributed by atoms with Crippen LogP contribution in [-0.2, 0) is 26.3 Å². The number of rotatable bonds is 5. The van der Waals surface area contributed by atoms with E-state index in [-0.39, 0.29) is 34.9 Å². The van der Waals surface area contributed by atoms with Gasteiger partial charge in [-0.25, -0.2) is 4.79 Å². The summed E-state index contributed by atoms with van der Waals surface area (Å²) < 4.78 is 20.3. The van der Waals surface area contributed by atoms with E-state index in [1.807, 2.05) is 67.7 Å². The number of H-pyrrole nitrogens is 1. The number of phenols is 1. The van der Waals surface area contributed by atoms with E-state index >= 15 is 4.79 Å². The number of fused-ring (bicyclic) bond motifs is 5. The summed E-state index contributed by atoms with van der Waals surface area (Å²) in [5.74, 6) is -4.93. The van der Waals surface area contributed by atoms with Crippen LogP contribution < -0.4 is 10.1 Å². The molecule has 5 fully saturated rings. The molecule has 14 atom stereocenters. The van der Waals surface area contributed by atoms with Gasteiger partial charge < -0.3 is 55.2 Å². The fourth-order valence-electron chi connectivity index (χ4n) is 15.6. The fraction of sp³-hybridized carbons (Fsp3) is 0.431. The number of hydrogen-bond acceptors (Lipinski definition) is 11. The van der Waals surface area contributed by atoms with E-state index in [1.165, 1.54) is 6.08 Å². The zero-order chi connectivity index (χ0) is 43.0. The average molecular weight is 851 g/mol. The summed E-state index contributed by atoms with van der Waals surface area (Å²) in [6.45, 7) is -0.00118. The van der Waals surface area contributed by atoms with Crippen LogP contribution in [0.5, 0.6) is 11.5 Å². The second-order valence-corrected chi connectivity index (χ2v) is 19.7.